The summed E-state index contributed by atoms with van der Waals surface area (Å²) >= 11 is 0. The van der Waals surface area contributed by atoms with E-state index in [1.807, 2.05) is 6.92 Å². The van der Waals surface area contributed by atoms with Crippen LogP contribution in [0.4, 0.5) is 0 Å². The van der Waals surface area contributed by atoms with Crippen LogP contribution in [0.5, 0.6) is 0 Å². The molecule has 0 aliphatic heterocycles. The molecule has 32 heavy (non-hydrogen) atoms. The molecule has 0 spiro atoms. The first-order valence-electron chi connectivity index (χ1n) is 12.3. The van der Waals surface area contributed by atoms with Gasteiger partial charge in [0.15, 0.2) is 5.78 Å². The van der Waals surface area contributed by atoms with Crippen molar-refractivity contribution in [1.29, 1.82) is 0 Å². The molecule has 0 aliphatic rings. The van der Waals surface area contributed by atoms with Gasteiger partial charge < -0.3 is 20.4 Å². The van der Waals surface area contributed by atoms with Crippen molar-refractivity contribution in [1.82, 2.24) is 0 Å². The number of carbonyl (C=O) groups excluding carboxylic acids is 1. The second kappa shape index (κ2) is 16.4. The normalized spacial score (nSPS) is 15.6. The van der Waals surface area contributed by atoms with Crippen LogP contribution in [0.15, 0.2) is 11.6 Å². The summed E-state index contributed by atoms with van der Waals surface area (Å²) in [4.78, 5) is 23.5. The monoisotopic (exact) mass is 456 g/mol. The van der Waals surface area contributed by atoms with Crippen molar-refractivity contribution in [2.75, 3.05) is 13.2 Å². The summed E-state index contributed by atoms with van der Waals surface area (Å²) in [7, 11) is 0. The van der Waals surface area contributed by atoms with Gasteiger partial charge in [0.25, 0.3) is 0 Å². The largest absolute Gasteiger partial charge is 0.481 e. The number of hydrogen-bond acceptors (Lipinski definition) is 5. The fraction of sp³-hybridized carbons (Fsp3) is 0.846. The predicted octanol–water partition coefficient (Wildman–Crippen LogP) is 4.75. The molecular weight excluding hydrogens is 408 g/mol. The lowest BCUT2D eigenvalue weighted by Crippen LogP contribution is -2.52. The van der Waals surface area contributed by atoms with Gasteiger partial charge in [-0.05, 0) is 37.5 Å². The van der Waals surface area contributed by atoms with E-state index in [1.54, 1.807) is 6.08 Å². The van der Waals surface area contributed by atoms with Gasteiger partial charge in [-0.1, -0.05) is 84.3 Å². The van der Waals surface area contributed by atoms with Crippen molar-refractivity contribution in [3.05, 3.63) is 11.6 Å². The topological polar surface area (TPSA) is 115 Å². The van der Waals surface area contributed by atoms with E-state index < -0.39 is 36.5 Å². The molecular formula is C26H48O6. The van der Waals surface area contributed by atoms with Gasteiger partial charge in [-0.25, -0.2) is 0 Å². The van der Waals surface area contributed by atoms with E-state index in [1.165, 1.54) is 38.5 Å². The second-order valence-electron chi connectivity index (χ2n) is 10.3. The van der Waals surface area contributed by atoms with E-state index in [4.69, 9.17) is 0 Å². The first kappa shape index (κ1) is 30.8. The first-order valence-corrected chi connectivity index (χ1v) is 12.3. The number of ketones is 1. The number of Topliss-reactive ketones (excluding diaryl/α,β-unsaturated/α-hetero) is 1. The second-order valence-corrected chi connectivity index (χ2v) is 10.3. The number of carboxylic acid groups (broad SMARTS) is 1. The van der Waals surface area contributed by atoms with Gasteiger partial charge in [0.2, 0.25) is 0 Å². The van der Waals surface area contributed by atoms with Crippen LogP contribution in [0, 0.1) is 23.2 Å². The summed E-state index contributed by atoms with van der Waals surface area (Å²) in [6.07, 6.45) is 10.4. The Morgan fingerprint density at radius 1 is 0.844 bits per heavy atom. The molecule has 0 radical (unpaired) electrons. The zero-order valence-electron chi connectivity index (χ0n) is 21.0. The minimum absolute atomic E-state index is 0.119. The average molecular weight is 457 g/mol. The minimum Gasteiger partial charge on any atom is -0.481 e. The average Bonchev–Trinajstić information content (AvgIpc) is 2.72. The van der Waals surface area contributed by atoms with E-state index in [0.717, 1.165) is 36.7 Å². The number of carbonyl (C=O) groups is 2. The van der Waals surface area contributed by atoms with E-state index in [9.17, 15) is 30.0 Å². The predicted molar refractivity (Wildman–Crippen MR) is 128 cm³/mol. The highest BCUT2D eigenvalue weighted by molar-refractivity contribution is 5.91. The van der Waals surface area contributed by atoms with Crippen molar-refractivity contribution >= 4 is 11.8 Å². The summed E-state index contributed by atoms with van der Waals surface area (Å²) in [6.45, 7) is 9.11. The highest BCUT2D eigenvalue weighted by Gasteiger charge is 2.47. The zero-order chi connectivity index (χ0) is 24.7. The number of hydrogen-bond donors (Lipinski definition) is 4. The summed E-state index contributed by atoms with van der Waals surface area (Å²) < 4.78 is 0. The summed E-state index contributed by atoms with van der Waals surface area (Å²) in [5.74, 6) is -0.0500. The minimum atomic E-state index is -2.26. The Labute approximate surface area is 195 Å². The number of aliphatic hydroxyl groups is 3. The molecule has 0 heterocycles. The van der Waals surface area contributed by atoms with E-state index >= 15 is 0 Å². The smallest absolute Gasteiger partial charge is 0.317 e. The molecule has 3 atom stereocenters. The molecule has 0 aromatic rings. The number of aliphatic carboxylic acids is 1. The number of rotatable bonds is 19. The fourth-order valence-electron chi connectivity index (χ4n) is 3.98. The summed E-state index contributed by atoms with van der Waals surface area (Å²) in [6, 6.07) is 0. The van der Waals surface area contributed by atoms with Crippen LogP contribution in [0.3, 0.4) is 0 Å². The third kappa shape index (κ3) is 11.6. The van der Waals surface area contributed by atoms with E-state index in [2.05, 4.69) is 27.7 Å². The Hall–Kier alpha value is -1.24. The standard InChI is InChI=1S/C26H48O6/c1-19(2)9-6-10-20(3)11-7-12-21(4)13-8-14-22(5)15-16-23(29)24(30)26(17-27,18-28)25(31)32/h15,19-21,24,27-28,30H,6-14,16-18H2,1-5H3,(H,31,32). The lowest BCUT2D eigenvalue weighted by Gasteiger charge is -2.29. The Balaban J connectivity index is 4.23. The van der Waals surface area contributed by atoms with Gasteiger partial charge in [-0.2, -0.15) is 0 Å². The molecule has 0 bridgehead atoms. The van der Waals surface area contributed by atoms with Crippen LogP contribution in [-0.4, -0.2) is 51.5 Å². The fourth-order valence-corrected chi connectivity index (χ4v) is 3.98. The Morgan fingerprint density at radius 3 is 1.75 bits per heavy atom. The lowest BCUT2D eigenvalue weighted by atomic mass is 9.80. The molecule has 0 rings (SSSR count). The van der Waals surface area contributed by atoms with Gasteiger partial charge in [0.1, 0.15) is 11.5 Å². The molecule has 0 saturated carbocycles. The maximum atomic E-state index is 12.2. The van der Waals surface area contributed by atoms with Gasteiger partial charge in [-0.15, -0.1) is 0 Å². The molecule has 188 valence electrons. The van der Waals surface area contributed by atoms with Crippen molar-refractivity contribution in [2.24, 2.45) is 23.2 Å². The molecule has 0 aromatic heterocycles. The molecule has 3 unspecified atom stereocenters. The van der Waals surface area contributed by atoms with Crippen LogP contribution in [0.1, 0.15) is 98.8 Å². The first-order chi connectivity index (χ1) is 15.0. The summed E-state index contributed by atoms with van der Waals surface area (Å²) in [5.41, 5.74) is -1.24. The van der Waals surface area contributed by atoms with Crippen LogP contribution >= 0.6 is 0 Å². The van der Waals surface area contributed by atoms with Crippen molar-refractivity contribution < 1.29 is 30.0 Å². The van der Waals surface area contributed by atoms with Crippen molar-refractivity contribution in [2.45, 2.75) is 105 Å². The van der Waals surface area contributed by atoms with Crippen LogP contribution in [-0.2, 0) is 9.59 Å². The maximum Gasteiger partial charge on any atom is 0.317 e. The molecule has 0 aliphatic carbocycles. The number of aliphatic hydroxyl groups excluding tert-OH is 3. The van der Waals surface area contributed by atoms with Crippen molar-refractivity contribution in [3.8, 4) is 0 Å². The molecule has 0 saturated heterocycles. The van der Waals surface area contributed by atoms with Crippen LogP contribution in [0.2, 0.25) is 0 Å². The molecule has 4 N–H and O–H groups in total. The third-order valence-corrected chi connectivity index (χ3v) is 6.61. The maximum absolute atomic E-state index is 12.2. The van der Waals surface area contributed by atoms with Gasteiger partial charge in [-0.3, -0.25) is 9.59 Å². The quantitative estimate of drug-likeness (QED) is 0.209. The number of carboxylic acids is 1. The Kier molecular flexibility index (Phi) is 15.7. The molecule has 0 fully saturated rings. The lowest BCUT2D eigenvalue weighted by molar-refractivity contribution is -0.170. The van der Waals surface area contributed by atoms with Gasteiger partial charge >= 0.3 is 5.97 Å². The molecule has 0 aromatic carbocycles. The van der Waals surface area contributed by atoms with Gasteiger partial charge in [0, 0.05) is 6.42 Å². The highest BCUT2D eigenvalue weighted by atomic mass is 16.4. The van der Waals surface area contributed by atoms with E-state index in [0.29, 0.717) is 5.92 Å². The molecule has 6 heteroatoms. The van der Waals surface area contributed by atoms with Crippen LogP contribution in [0.25, 0.3) is 0 Å². The molecule has 6 nitrogen and oxygen atoms in total. The third-order valence-electron chi connectivity index (χ3n) is 6.61. The van der Waals surface area contributed by atoms with Gasteiger partial charge in [0.05, 0.1) is 13.2 Å². The Morgan fingerprint density at radius 2 is 1.31 bits per heavy atom. The Bertz CT molecular complexity index is 565. The number of allylic oxidation sites excluding steroid dienone is 2. The SMILES string of the molecule is CC(=CCC(=O)C(O)C(CO)(CO)C(=O)O)CCCC(C)CCCC(C)CCCC(C)C. The summed E-state index contributed by atoms with van der Waals surface area (Å²) in [5, 5.41) is 37.9. The van der Waals surface area contributed by atoms with E-state index in [-0.39, 0.29) is 6.42 Å². The zero-order valence-corrected chi connectivity index (χ0v) is 21.0. The van der Waals surface area contributed by atoms with Crippen molar-refractivity contribution in [3.63, 3.8) is 0 Å². The van der Waals surface area contributed by atoms with Crippen LogP contribution < -0.4 is 0 Å². The molecule has 0 amide bonds. The highest BCUT2D eigenvalue weighted by Crippen LogP contribution is 2.25.